The Morgan fingerprint density at radius 2 is 2.12 bits per heavy atom. The van der Waals surface area contributed by atoms with Crippen LogP contribution in [0.25, 0.3) is 0 Å². The van der Waals surface area contributed by atoms with E-state index in [0.717, 1.165) is 5.56 Å². The average molecular weight is 225 g/mol. The van der Waals surface area contributed by atoms with Gasteiger partial charge in [-0.2, -0.15) is 0 Å². The van der Waals surface area contributed by atoms with Gasteiger partial charge in [-0.3, -0.25) is 0 Å². The number of benzene rings is 1. The van der Waals surface area contributed by atoms with Gasteiger partial charge in [-0.05, 0) is 31.0 Å². The molecule has 1 aromatic rings. The third-order valence-corrected chi connectivity index (χ3v) is 2.36. The van der Waals surface area contributed by atoms with Gasteiger partial charge in [0.1, 0.15) is 0 Å². The highest BCUT2D eigenvalue weighted by molar-refractivity contribution is 5.43. The lowest BCUT2D eigenvalue weighted by molar-refractivity contribution is 0.276. The molecule has 0 saturated carbocycles. The monoisotopic (exact) mass is 225 g/mol. The molecule has 16 heavy (non-hydrogen) atoms. The van der Waals surface area contributed by atoms with Crippen LogP contribution in [0.1, 0.15) is 24.9 Å². The molecule has 1 rings (SSSR count). The smallest absolute Gasteiger partial charge is 0.161 e. The summed E-state index contributed by atoms with van der Waals surface area (Å²) in [5.41, 5.74) is 6.85. The molecule has 0 radical (unpaired) electrons. The van der Waals surface area contributed by atoms with Crippen molar-refractivity contribution >= 4 is 0 Å². The number of hydrogen-bond acceptors (Lipinski definition) is 4. The van der Waals surface area contributed by atoms with Crippen molar-refractivity contribution in [1.29, 1.82) is 0 Å². The van der Waals surface area contributed by atoms with Crippen LogP contribution in [0.15, 0.2) is 18.2 Å². The van der Waals surface area contributed by atoms with E-state index < -0.39 is 0 Å². The minimum atomic E-state index is -0.171. The van der Waals surface area contributed by atoms with Crippen LogP contribution in [0.2, 0.25) is 0 Å². The fourth-order valence-electron chi connectivity index (χ4n) is 1.50. The summed E-state index contributed by atoms with van der Waals surface area (Å²) in [7, 11) is 1.60. The van der Waals surface area contributed by atoms with Crippen LogP contribution >= 0.6 is 0 Å². The first kappa shape index (κ1) is 12.8. The Bertz CT molecular complexity index is 328. The molecule has 1 atom stereocenters. The molecule has 0 amide bonds. The molecule has 0 bridgehead atoms. The quantitative estimate of drug-likeness (QED) is 0.769. The van der Waals surface area contributed by atoms with Crippen molar-refractivity contribution in [2.45, 2.75) is 19.4 Å². The highest BCUT2D eigenvalue weighted by atomic mass is 16.5. The van der Waals surface area contributed by atoms with Gasteiger partial charge < -0.3 is 20.3 Å². The topological polar surface area (TPSA) is 64.7 Å². The largest absolute Gasteiger partial charge is 0.493 e. The highest BCUT2D eigenvalue weighted by Crippen LogP contribution is 2.30. The number of hydrogen-bond donors (Lipinski definition) is 2. The lowest BCUT2D eigenvalue weighted by atomic mass is 10.0. The van der Waals surface area contributed by atoms with Crippen LogP contribution < -0.4 is 15.2 Å². The second-order valence-corrected chi connectivity index (χ2v) is 3.46. The van der Waals surface area contributed by atoms with E-state index in [4.69, 9.17) is 20.3 Å². The van der Waals surface area contributed by atoms with Crippen molar-refractivity contribution < 1.29 is 14.6 Å². The SMILES string of the molecule is CCOc1cc(C(N)CCO)ccc1OC. The third-order valence-electron chi connectivity index (χ3n) is 2.36. The molecular weight excluding hydrogens is 206 g/mol. The summed E-state index contributed by atoms with van der Waals surface area (Å²) in [6.07, 6.45) is 0.540. The molecule has 90 valence electrons. The lowest BCUT2D eigenvalue weighted by Crippen LogP contribution is -2.12. The number of methoxy groups -OCH3 is 1. The maximum atomic E-state index is 8.84. The first-order chi connectivity index (χ1) is 7.72. The van der Waals surface area contributed by atoms with Crippen molar-refractivity contribution in [3.63, 3.8) is 0 Å². The van der Waals surface area contributed by atoms with Crippen molar-refractivity contribution in [3.8, 4) is 11.5 Å². The molecule has 0 heterocycles. The second-order valence-electron chi connectivity index (χ2n) is 3.46. The summed E-state index contributed by atoms with van der Waals surface area (Å²) >= 11 is 0. The Hall–Kier alpha value is -1.26. The van der Waals surface area contributed by atoms with E-state index in [2.05, 4.69) is 0 Å². The minimum Gasteiger partial charge on any atom is -0.493 e. The zero-order valence-corrected chi connectivity index (χ0v) is 9.77. The van der Waals surface area contributed by atoms with Gasteiger partial charge in [0, 0.05) is 12.6 Å². The van der Waals surface area contributed by atoms with Gasteiger partial charge in [-0.25, -0.2) is 0 Å². The first-order valence-electron chi connectivity index (χ1n) is 5.40. The zero-order valence-electron chi connectivity index (χ0n) is 9.77. The van der Waals surface area contributed by atoms with E-state index in [1.807, 2.05) is 25.1 Å². The van der Waals surface area contributed by atoms with Crippen molar-refractivity contribution in [2.75, 3.05) is 20.3 Å². The molecule has 0 aliphatic carbocycles. The van der Waals surface area contributed by atoms with Crippen LogP contribution in [0.3, 0.4) is 0 Å². The van der Waals surface area contributed by atoms with E-state index in [9.17, 15) is 0 Å². The van der Waals surface area contributed by atoms with Crippen LogP contribution in [-0.4, -0.2) is 25.4 Å². The summed E-state index contributed by atoms with van der Waals surface area (Å²) in [6, 6.07) is 5.41. The van der Waals surface area contributed by atoms with Gasteiger partial charge in [0.15, 0.2) is 11.5 Å². The number of aliphatic hydroxyl groups excluding tert-OH is 1. The maximum Gasteiger partial charge on any atom is 0.161 e. The van der Waals surface area contributed by atoms with Crippen LogP contribution in [0.5, 0.6) is 11.5 Å². The summed E-state index contributed by atoms with van der Waals surface area (Å²) in [4.78, 5) is 0. The molecular formula is C12H19NO3. The molecule has 0 aromatic heterocycles. The summed E-state index contributed by atoms with van der Waals surface area (Å²) < 4.78 is 10.6. The lowest BCUT2D eigenvalue weighted by Gasteiger charge is -2.14. The standard InChI is InChI=1S/C12H19NO3/c1-3-16-12-8-9(10(13)6-7-14)4-5-11(12)15-2/h4-5,8,10,14H,3,6-7,13H2,1-2H3. The number of rotatable bonds is 6. The van der Waals surface area contributed by atoms with E-state index in [0.29, 0.717) is 24.5 Å². The van der Waals surface area contributed by atoms with Gasteiger partial charge in [0.25, 0.3) is 0 Å². The van der Waals surface area contributed by atoms with Gasteiger partial charge in [-0.1, -0.05) is 6.07 Å². The highest BCUT2D eigenvalue weighted by Gasteiger charge is 2.10. The molecule has 0 saturated heterocycles. The summed E-state index contributed by atoms with van der Waals surface area (Å²) in [6.45, 7) is 2.58. The maximum absolute atomic E-state index is 8.84. The van der Waals surface area contributed by atoms with Crippen LogP contribution in [0, 0.1) is 0 Å². The molecule has 0 fully saturated rings. The predicted molar refractivity (Wildman–Crippen MR) is 62.8 cm³/mol. The fourth-order valence-corrected chi connectivity index (χ4v) is 1.50. The van der Waals surface area contributed by atoms with Crippen LogP contribution in [-0.2, 0) is 0 Å². The molecule has 4 nitrogen and oxygen atoms in total. The predicted octanol–water partition coefficient (Wildman–Crippen LogP) is 1.48. The molecule has 1 aromatic carbocycles. The van der Waals surface area contributed by atoms with Crippen molar-refractivity contribution in [1.82, 2.24) is 0 Å². The average Bonchev–Trinajstić information content (AvgIpc) is 2.29. The summed E-state index contributed by atoms with van der Waals surface area (Å²) in [5, 5.41) is 8.84. The molecule has 3 N–H and O–H groups in total. The van der Waals surface area contributed by atoms with Gasteiger partial charge >= 0.3 is 0 Å². The van der Waals surface area contributed by atoms with Gasteiger partial charge in [-0.15, -0.1) is 0 Å². The van der Waals surface area contributed by atoms with E-state index in [-0.39, 0.29) is 12.6 Å². The summed E-state index contributed by atoms with van der Waals surface area (Å²) in [5.74, 6) is 1.39. The van der Waals surface area contributed by atoms with Gasteiger partial charge in [0.05, 0.1) is 13.7 Å². The van der Waals surface area contributed by atoms with Gasteiger partial charge in [0.2, 0.25) is 0 Å². The molecule has 0 spiro atoms. The number of ether oxygens (including phenoxy) is 2. The molecule has 0 aliphatic rings. The molecule has 4 heteroatoms. The fraction of sp³-hybridized carbons (Fsp3) is 0.500. The minimum absolute atomic E-state index is 0.0805. The third kappa shape index (κ3) is 3.12. The Kier molecular flexibility index (Phi) is 5.08. The number of nitrogens with two attached hydrogens (primary N) is 1. The molecule has 1 unspecified atom stereocenters. The zero-order chi connectivity index (χ0) is 12.0. The van der Waals surface area contributed by atoms with E-state index in [1.54, 1.807) is 7.11 Å². The normalized spacial score (nSPS) is 12.2. The van der Waals surface area contributed by atoms with E-state index in [1.165, 1.54) is 0 Å². The van der Waals surface area contributed by atoms with Crippen molar-refractivity contribution in [2.24, 2.45) is 5.73 Å². The van der Waals surface area contributed by atoms with Crippen molar-refractivity contribution in [3.05, 3.63) is 23.8 Å². The number of aliphatic hydroxyl groups is 1. The molecule has 0 aliphatic heterocycles. The van der Waals surface area contributed by atoms with Crippen LogP contribution in [0.4, 0.5) is 0 Å². The second kappa shape index (κ2) is 6.35. The first-order valence-corrected chi connectivity index (χ1v) is 5.40. The Balaban J connectivity index is 2.91. The Morgan fingerprint density at radius 3 is 2.69 bits per heavy atom. The Labute approximate surface area is 96.0 Å². The Morgan fingerprint density at radius 1 is 1.38 bits per heavy atom. The van der Waals surface area contributed by atoms with E-state index >= 15 is 0 Å².